The molecule has 128 valence electrons. The zero-order chi connectivity index (χ0) is 16.2. The number of allylic oxidation sites excluding steroid dienone is 1. The lowest BCUT2D eigenvalue weighted by atomic mass is 9.49. The minimum absolute atomic E-state index is 0.175. The average Bonchev–Trinajstić information content (AvgIpc) is 2.88. The first-order valence-electron chi connectivity index (χ1n) is 10.0. The van der Waals surface area contributed by atoms with Crippen LogP contribution >= 0.6 is 0 Å². The van der Waals surface area contributed by atoms with Crippen LogP contribution in [0.1, 0.15) is 78.1 Å². The molecule has 2 nitrogen and oxygen atoms in total. The summed E-state index contributed by atoms with van der Waals surface area (Å²) in [5.74, 6) is 3.33. The smallest absolute Gasteiger partial charge is 0.155 e. The fraction of sp³-hybridized carbons (Fsp3) is 0.857. The second-order valence-electron chi connectivity index (χ2n) is 8.78. The van der Waals surface area contributed by atoms with Crippen molar-refractivity contribution in [3.63, 3.8) is 0 Å². The van der Waals surface area contributed by atoms with Crippen LogP contribution in [0, 0.1) is 29.1 Å². The van der Waals surface area contributed by atoms with E-state index in [0.717, 1.165) is 56.3 Å². The maximum absolute atomic E-state index is 11.8. The molecule has 6 atom stereocenters. The standard InChI is InChI=1S/C21H32O2/c1-3-20-11-9-17-16-8-6-15(22)13-14(16)5-7-18(17)19(20)10-12-21(20,23)4-2/h13,16-19,23H,3-12H2,1-2H3/t16-,17+,18+,19-,20+,21-/m0/s1. The van der Waals surface area contributed by atoms with Crippen LogP contribution in [0.25, 0.3) is 0 Å². The molecule has 0 aromatic rings. The number of ketones is 1. The highest BCUT2D eigenvalue weighted by Gasteiger charge is 2.62. The van der Waals surface area contributed by atoms with Crippen molar-refractivity contribution < 1.29 is 9.90 Å². The Morgan fingerprint density at radius 3 is 2.61 bits per heavy atom. The molecule has 0 heterocycles. The molecule has 0 radical (unpaired) electrons. The predicted molar refractivity (Wildman–Crippen MR) is 92.0 cm³/mol. The summed E-state index contributed by atoms with van der Waals surface area (Å²) < 4.78 is 0. The van der Waals surface area contributed by atoms with Gasteiger partial charge in [0.1, 0.15) is 0 Å². The minimum atomic E-state index is -0.421. The molecule has 23 heavy (non-hydrogen) atoms. The quantitative estimate of drug-likeness (QED) is 0.804. The van der Waals surface area contributed by atoms with Gasteiger partial charge in [-0.05, 0) is 87.5 Å². The summed E-state index contributed by atoms with van der Waals surface area (Å²) in [5, 5.41) is 11.3. The lowest BCUT2D eigenvalue weighted by molar-refractivity contribution is -0.132. The first-order chi connectivity index (χ1) is 11.0. The van der Waals surface area contributed by atoms with E-state index in [0.29, 0.717) is 11.7 Å². The summed E-state index contributed by atoms with van der Waals surface area (Å²) >= 11 is 0. The number of rotatable bonds is 2. The molecule has 3 saturated carbocycles. The second-order valence-corrected chi connectivity index (χ2v) is 8.78. The first-order valence-corrected chi connectivity index (χ1v) is 10.0. The molecule has 2 heteroatoms. The van der Waals surface area contributed by atoms with Crippen LogP contribution in [0.3, 0.4) is 0 Å². The molecule has 0 aliphatic heterocycles. The van der Waals surface area contributed by atoms with Crippen molar-refractivity contribution in [2.45, 2.75) is 83.7 Å². The lowest BCUT2D eigenvalue weighted by Crippen LogP contribution is -2.53. The summed E-state index contributed by atoms with van der Waals surface area (Å²) in [6.07, 6.45) is 13.0. The van der Waals surface area contributed by atoms with Crippen LogP contribution in [-0.2, 0) is 4.79 Å². The number of hydrogen-bond acceptors (Lipinski definition) is 2. The maximum atomic E-state index is 11.8. The fourth-order valence-electron chi connectivity index (χ4n) is 7.40. The van der Waals surface area contributed by atoms with Gasteiger partial charge in [-0.1, -0.05) is 19.4 Å². The van der Waals surface area contributed by atoms with E-state index in [1.165, 1.54) is 31.3 Å². The Morgan fingerprint density at radius 2 is 1.87 bits per heavy atom. The van der Waals surface area contributed by atoms with Crippen molar-refractivity contribution in [3.05, 3.63) is 11.6 Å². The van der Waals surface area contributed by atoms with Gasteiger partial charge in [-0.25, -0.2) is 0 Å². The molecule has 0 saturated heterocycles. The lowest BCUT2D eigenvalue weighted by Gasteiger charge is -2.57. The molecule has 0 aromatic heterocycles. The van der Waals surface area contributed by atoms with Gasteiger partial charge >= 0.3 is 0 Å². The Bertz CT molecular complexity index is 536. The van der Waals surface area contributed by atoms with E-state index in [1.807, 2.05) is 6.08 Å². The third kappa shape index (κ3) is 2.06. The molecular formula is C21H32O2. The molecule has 1 N–H and O–H groups in total. The monoisotopic (exact) mass is 316 g/mol. The Kier molecular flexibility index (Phi) is 3.75. The Labute approximate surface area is 140 Å². The highest BCUT2D eigenvalue weighted by molar-refractivity contribution is 5.91. The van der Waals surface area contributed by atoms with Crippen LogP contribution in [-0.4, -0.2) is 16.5 Å². The van der Waals surface area contributed by atoms with Crippen LogP contribution in [0.2, 0.25) is 0 Å². The van der Waals surface area contributed by atoms with Gasteiger partial charge in [-0.3, -0.25) is 4.79 Å². The van der Waals surface area contributed by atoms with Gasteiger partial charge in [0, 0.05) is 11.8 Å². The van der Waals surface area contributed by atoms with Crippen LogP contribution in [0.4, 0.5) is 0 Å². The molecule has 0 aromatic carbocycles. The molecule has 0 spiro atoms. The van der Waals surface area contributed by atoms with Gasteiger partial charge in [-0.15, -0.1) is 0 Å². The van der Waals surface area contributed by atoms with Gasteiger partial charge in [-0.2, -0.15) is 0 Å². The Balaban J connectivity index is 1.65. The molecule has 3 fully saturated rings. The zero-order valence-corrected chi connectivity index (χ0v) is 14.8. The number of carbonyl (C=O) groups is 1. The Morgan fingerprint density at radius 1 is 1.04 bits per heavy atom. The van der Waals surface area contributed by atoms with Gasteiger partial charge in [0.25, 0.3) is 0 Å². The van der Waals surface area contributed by atoms with E-state index in [2.05, 4.69) is 13.8 Å². The van der Waals surface area contributed by atoms with E-state index < -0.39 is 5.60 Å². The topological polar surface area (TPSA) is 37.3 Å². The number of carbonyl (C=O) groups excluding carboxylic acids is 1. The molecular weight excluding hydrogens is 284 g/mol. The van der Waals surface area contributed by atoms with E-state index in [1.54, 1.807) is 0 Å². The average molecular weight is 316 g/mol. The number of fused-ring (bicyclic) bond motifs is 5. The Hall–Kier alpha value is -0.630. The first kappa shape index (κ1) is 15.9. The molecule has 0 bridgehead atoms. The van der Waals surface area contributed by atoms with Crippen molar-refractivity contribution in [3.8, 4) is 0 Å². The minimum Gasteiger partial charge on any atom is -0.389 e. The van der Waals surface area contributed by atoms with Crippen molar-refractivity contribution in [1.29, 1.82) is 0 Å². The predicted octanol–water partition coefficient (Wildman–Crippen LogP) is 4.66. The van der Waals surface area contributed by atoms with Gasteiger partial charge in [0.2, 0.25) is 0 Å². The van der Waals surface area contributed by atoms with Crippen LogP contribution < -0.4 is 0 Å². The molecule has 0 unspecified atom stereocenters. The summed E-state index contributed by atoms with van der Waals surface area (Å²) in [7, 11) is 0. The number of hydrogen-bond donors (Lipinski definition) is 1. The van der Waals surface area contributed by atoms with Crippen molar-refractivity contribution in [1.82, 2.24) is 0 Å². The SMILES string of the molecule is CC[C@]1(O)CC[C@H]2[C@@H]3CCC4=CC(=O)CC[C@@H]4[C@H]3CC[C@]21CC. The maximum Gasteiger partial charge on any atom is 0.155 e. The molecule has 0 amide bonds. The molecule has 4 aliphatic carbocycles. The van der Waals surface area contributed by atoms with Gasteiger partial charge < -0.3 is 5.11 Å². The van der Waals surface area contributed by atoms with Gasteiger partial charge in [0.05, 0.1) is 5.60 Å². The van der Waals surface area contributed by atoms with Crippen molar-refractivity contribution >= 4 is 5.78 Å². The summed E-state index contributed by atoms with van der Waals surface area (Å²) in [5.41, 5.74) is 1.22. The number of aliphatic hydroxyl groups is 1. The highest BCUT2D eigenvalue weighted by atomic mass is 16.3. The second kappa shape index (κ2) is 5.44. The van der Waals surface area contributed by atoms with Crippen molar-refractivity contribution in [2.24, 2.45) is 29.1 Å². The summed E-state index contributed by atoms with van der Waals surface area (Å²) in [6, 6.07) is 0. The van der Waals surface area contributed by atoms with E-state index in [9.17, 15) is 9.90 Å². The summed E-state index contributed by atoms with van der Waals surface area (Å²) in [6.45, 7) is 4.49. The fourth-order valence-corrected chi connectivity index (χ4v) is 7.40. The normalized spacial score (nSPS) is 49.2. The summed E-state index contributed by atoms with van der Waals surface area (Å²) in [4.78, 5) is 11.8. The van der Waals surface area contributed by atoms with E-state index in [-0.39, 0.29) is 5.41 Å². The largest absolute Gasteiger partial charge is 0.389 e. The van der Waals surface area contributed by atoms with Crippen molar-refractivity contribution in [2.75, 3.05) is 0 Å². The third-order valence-electron chi connectivity index (χ3n) is 8.52. The highest BCUT2D eigenvalue weighted by Crippen LogP contribution is 2.66. The van der Waals surface area contributed by atoms with Gasteiger partial charge in [0.15, 0.2) is 5.78 Å². The van der Waals surface area contributed by atoms with Crippen LogP contribution in [0.5, 0.6) is 0 Å². The zero-order valence-electron chi connectivity index (χ0n) is 14.8. The third-order valence-corrected chi connectivity index (χ3v) is 8.52. The van der Waals surface area contributed by atoms with E-state index in [4.69, 9.17) is 0 Å². The van der Waals surface area contributed by atoms with Crippen LogP contribution in [0.15, 0.2) is 11.6 Å². The molecule has 4 aliphatic rings. The molecule has 4 rings (SSSR count). The van der Waals surface area contributed by atoms with E-state index >= 15 is 0 Å².